The minimum atomic E-state index is -4.51. The average Bonchev–Trinajstić information content (AvgIpc) is 3.42. The summed E-state index contributed by atoms with van der Waals surface area (Å²) in [6.07, 6.45) is -0.111. The number of nitrogens with two attached hydrogens (primary N) is 1. The van der Waals surface area contributed by atoms with E-state index in [0.717, 1.165) is 17.5 Å². The highest BCUT2D eigenvalue weighted by Gasteiger charge is 2.28. The number of nitrogens with zero attached hydrogens (tertiary/aromatic N) is 6. The molecule has 0 aliphatic heterocycles. The highest BCUT2D eigenvalue weighted by Crippen LogP contribution is 2.31. The molecule has 2 aromatic carbocycles. The zero-order chi connectivity index (χ0) is 27.8. The molecule has 3 aromatic heterocycles. The summed E-state index contributed by atoms with van der Waals surface area (Å²) < 4.78 is 64.9. The summed E-state index contributed by atoms with van der Waals surface area (Å²) >= 11 is 0. The van der Waals surface area contributed by atoms with Gasteiger partial charge in [-0.15, -0.1) is 0 Å². The maximum absolute atomic E-state index is 13.0. The normalized spacial score (nSPS) is 12.1. The van der Waals surface area contributed by atoms with Gasteiger partial charge in [0.15, 0.2) is 15.7 Å². The topological polar surface area (TPSA) is 142 Å². The summed E-state index contributed by atoms with van der Waals surface area (Å²) in [6, 6.07) is 15.3. The van der Waals surface area contributed by atoms with E-state index in [-0.39, 0.29) is 27.7 Å². The van der Waals surface area contributed by atoms with Crippen LogP contribution in [0.2, 0.25) is 0 Å². The van der Waals surface area contributed by atoms with Crippen LogP contribution in [-0.4, -0.2) is 57.1 Å². The van der Waals surface area contributed by atoms with E-state index in [1.54, 1.807) is 29.2 Å². The minimum absolute atomic E-state index is 0.0740. The molecule has 0 amide bonds. The fourth-order valence-corrected chi connectivity index (χ4v) is 4.66. The summed E-state index contributed by atoms with van der Waals surface area (Å²) in [5.41, 5.74) is 9.27. The molecule has 5 rings (SSSR count). The van der Waals surface area contributed by atoms with Crippen molar-refractivity contribution in [2.75, 3.05) is 23.9 Å². The molecular formula is C25H21F3N8O2S. The van der Waals surface area contributed by atoms with Crippen molar-refractivity contribution in [2.45, 2.75) is 17.5 Å². The summed E-state index contributed by atoms with van der Waals surface area (Å²) in [6.45, 7) is -1.35. The Hall–Kier alpha value is -4.59. The first-order valence-electron chi connectivity index (χ1n) is 11.5. The Balaban J connectivity index is 1.64. The maximum atomic E-state index is 13.0. The molecule has 0 bridgehead atoms. The van der Waals surface area contributed by atoms with Crippen molar-refractivity contribution in [1.82, 2.24) is 29.7 Å². The number of nitrogen functional groups attached to an aromatic ring is 1. The molecule has 0 unspecified atom stereocenters. The lowest BCUT2D eigenvalue weighted by Gasteiger charge is -2.15. The largest absolute Gasteiger partial charge is 0.405 e. The zero-order valence-corrected chi connectivity index (χ0v) is 21.2. The molecule has 0 saturated carbocycles. The lowest BCUT2D eigenvalue weighted by atomic mass is 10.0. The molecule has 200 valence electrons. The smallest absolute Gasteiger partial charge is 0.368 e. The third-order valence-corrected chi connectivity index (χ3v) is 6.89. The van der Waals surface area contributed by atoms with Gasteiger partial charge in [0.25, 0.3) is 0 Å². The van der Waals surface area contributed by atoms with Gasteiger partial charge in [-0.05, 0) is 47.9 Å². The molecule has 0 saturated heterocycles. The van der Waals surface area contributed by atoms with Crippen molar-refractivity contribution >= 4 is 32.6 Å². The molecule has 0 aliphatic rings. The highest BCUT2D eigenvalue weighted by atomic mass is 32.2. The number of fused-ring (bicyclic) bond motifs is 1. The van der Waals surface area contributed by atoms with Gasteiger partial charge < -0.3 is 11.1 Å². The monoisotopic (exact) mass is 554 g/mol. The van der Waals surface area contributed by atoms with Gasteiger partial charge in [0.1, 0.15) is 30.2 Å². The van der Waals surface area contributed by atoms with Crippen LogP contribution in [0.4, 0.5) is 24.9 Å². The Labute approximate surface area is 220 Å². The Morgan fingerprint density at radius 2 is 1.77 bits per heavy atom. The van der Waals surface area contributed by atoms with Gasteiger partial charge in [-0.3, -0.25) is 0 Å². The van der Waals surface area contributed by atoms with Crippen LogP contribution in [0.25, 0.3) is 28.0 Å². The van der Waals surface area contributed by atoms with Crippen LogP contribution in [0.15, 0.2) is 72.1 Å². The number of benzene rings is 2. The third kappa shape index (κ3) is 5.95. The Morgan fingerprint density at radius 1 is 1.00 bits per heavy atom. The minimum Gasteiger partial charge on any atom is -0.368 e. The van der Waals surface area contributed by atoms with E-state index in [4.69, 9.17) is 5.73 Å². The molecule has 3 N–H and O–H groups in total. The van der Waals surface area contributed by atoms with Crippen molar-refractivity contribution in [3.8, 4) is 16.9 Å². The molecule has 0 atom stereocenters. The van der Waals surface area contributed by atoms with Crippen molar-refractivity contribution in [2.24, 2.45) is 0 Å². The number of alkyl halides is 3. The molecule has 0 aliphatic carbocycles. The van der Waals surface area contributed by atoms with E-state index in [9.17, 15) is 21.6 Å². The van der Waals surface area contributed by atoms with Crippen LogP contribution in [0.5, 0.6) is 0 Å². The van der Waals surface area contributed by atoms with Crippen LogP contribution in [-0.2, 0) is 16.3 Å². The van der Waals surface area contributed by atoms with Crippen LogP contribution in [0, 0.1) is 0 Å². The average molecular weight is 555 g/mol. The molecule has 0 spiro atoms. The lowest BCUT2D eigenvalue weighted by molar-refractivity contribution is -0.115. The van der Waals surface area contributed by atoms with Crippen molar-refractivity contribution in [1.29, 1.82) is 0 Å². The SMILES string of the molecule is CS(=O)(=O)c1cccc(-c2cc(Cc3ccc(-n4cncn4)cc3)c3nc(N)nc(NCC(F)(F)F)c3n2)c1. The molecule has 0 radical (unpaired) electrons. The summed E-state index contributed by atoms with van der Waals surface area (Å²) in [5.74, 6) is -0.401. The Kier molecular flexibility index (Phi) is 6.64. The summed E-state index contributed by atoms with van der Waals surface area (Å²) in [5, 5.41) is 6.37. The van der Waals surface area contributed by atoms with Gasteiger partial charge in [-0.2, -0.15) is 23.3 Å². The zero-order valence-electron chi connectivity index (χ0n) is 20.4. The van der Waals surface area contributed by atoms with E-state index in [1.807, 2.05) is 24.3 Å². The predicted octanol–water partition coefficient (Wildman–Crippen LogP) is 3.82. The van der Waals surface area contributed by atoms with Gasteiger partial charge in [-0.25, -0.2) is 28.1 Å². The van der Waals surface area contributed by atoms with Gasteiger partial charge >= 0.3 is 6.18 Å². The van der Waals surface area contributed by atoms with Crippen LogP contribution < -0.4 is 11.1 Å². The number of nitrogens with one attached hydrogen (secondary N) is 1. The van der Waals surface area contributed by atoms with Crippen molar-refractivity contribution in [3.05, 3.63) is 78.4 Å². The standard InChI is InChI=1S/C25H21F3N8O2S/c1-39(37,38)19-4-2-3-16(10-19)20-11-17(9-15-5-7-18(8-6-15)36-14-30-13-32-36)21-22(33-20)23(35-24(29)34-21)31-12-25(26,27)28/h2-8,10-11,13-14H,9,12H2,1H3,(H3,29,31,34,35). The van der Waals surface area contributed by atoms with Crippen LogP contribution in [0.1, 0.15) is 11.1 Å². The first kappa shape index (κ1) is 26.0. The summed E-state index contributed by atoms with van der Waals surface area (Å²) in [4.78, 5) is 16.8. The second-order valence-electron chi connectivity index (χ2n) is 8.75. The van der Waals surface area contributed by atoms with Gasteiger partial charge in [0, 0.05) is 11.8 Å². The number of anilines is 2. The van der Waals surface area contributed by atoms with E-state index >= 15 is 0 Å². The molecule has 10 nitrogen and oxygen atoms in total. The predicted molar refractivity (Wildman–Crippen MR) is 139 cm³/mol. The van der Waals surface area contributed by atoms with E-state index in [0.29, 0.717) is 23.2 Å². The van der Waals surface area contributed by atoms with E-state index in [2.05, 4.69) is 30.4 Å². The molecule has 39 heavy (non-hydrogen) atoms. The van der Waals surface area contributed by atoms with E-state index < -0.39 is 22.6 Å². The number of halogens is 3. The quantitative estimate of drug-likeness (QED) is 0.307. The number of hydrogen-bond donors (Lipinski definition) is 2. The first-order valence-corrected chi connectivity index (χ1v) is 13.4. The highest BCUT2D eigenvalue weighted by molar-refractivity contribution is 7.90. The van der Waals surface area contributed by atoms with Gasteiger partial charge in [0.05, 0.1) is 16.3 Å². The Morgan fingerprint density at radius 3 is 2.44 bits per heavy atom. The number of rotatable bonds is 7. The molecular weight excluding hydrogens is 533 g/mol. The molecule has 3 heterocycles. The van der Waals surface area contributed by atoms with Crippen molar-refractivity contribution in [3.63, 3.8) is 0 Å². The fourth-order valence-electron chi connectivity index (χ4n) is 3.99. The second kappa shape index (κ2) is 9.94. The number of pyridine rings is 1. The molecule has 14 heteroatoms. The number of hydrogen-bond acceptors (Lipinski definition) is 9. The maximum Gasteiger partial charge on any atom is 0.405 e. The molecule has 0 fully saturated rings. The van der Waals surface area contributed by atoms with Gasteiger partial charge in [0.2, 0.25) is 5.95 Å². The number of sulfone groups is 1. The van der Waals surface area contributed by atoms with Crippen LogP contribution >= 0.6 is 0 Å². The van der Waals surface area contributed by atoms with Crippen LogP contribution in [0.3, 0.4) is 0 Å². The molecule has 5 aromatic rings. The van der Waals surface area contributed by atoms with Crippen molar-refractivity contribution < 1.29 is 21.6 Å². The van der Waals surface area contributed by atoms with Gasteiger partial charge in [-0.1, -0.05) is 24.3 Å². The lowest BCUT2D eigenvalue weighted by Crippen LogP contribution is -2.22. The Bertz CT molecular complexity index is 1760. The summed E-state index contributed by atoms with van der Waals surface area (Å²) in [7, 11) is -3.51. The first-order chi connectivity index (χ1) is 18.5. The van der Waals surface area contributed by atoms with E-state index in [1.165, 1.54) is 18.5 Å². The third-order valence-electron chi connectivity index (χ3n) is 5.78. The number of aromatic nitrogens is 6. The fraction of sp³-hybridized carbons (Fsp3) is 0.160. The second-order valence-corrected chi connectivity index (χ2v) is 10.8.